The SMILES string of the molecule is CCc1nc2ccccc2n1Cc1ccc(C=O)o1. The van der Waals surface area contributed by atoms with Crippen molar-refractivity contribution in [2.45, 2.75) is 19.9 Å². The van der Waals surface area contributed by atoms with Crippen LogP contribution in [0, 0.1) is 0 Å². The molecule has 2 heterocycles. The standard InChI is InChI=1S/C15H14N2O2/c1-2-15-16-13-5-3-4-6-14(13)17(15)9-11-7-8-12(10-18)19-11/h3-8,10H,2,9H2,1H3. The maximum absolute atomic E-state index is 10.6. The number of fused-ring (bicyclic) bond motifs is 1. The minimum atomic E-state index is 0.359. The Morgan fingerprint density at radius 1 is 1.26 bits per heavy atom. The van der Waals surface area contributed by atoms with E-state index in [-0.39, 0.29) is 0 Å². The zero-order valence-electron chi connectivity index (χ0n) is 10.7. The number of benzene rings is 1. The average Bonchev–Trinajstić information content (AvgIpc) is 3.04. The summed E-state index contributed by atoms with van der Waals surface area (Å²) >= 11 is 0. The van der Waals surface area contributed by atoms with E-state index in [0.717, 1.165) is 35.3 Å². The first kappa shape index (κ1) is 11.7. The molecule has 96 valence electrons. The minimum Gasteiger partial charge on any atom is -0.456 e. The lowest BCUT2D eigenvalue weighted by Gasteiger charge is -2.05. The predicted molar refractivity (Wildman–Crippen MR) is 72.3 cm³/mol. The van der Waals surface area contributed by atoms with E-state index in [0.29, 0.717) is 12.3 Å². The molecule has 0 radical (unpaired) electrons. The molecule has 1 aromatic carbocycles. The van der Waals surface area contributed by atoms with E-state index in [1.165, 1.54) is 0 Å². The Labute approximate surface area is 110 Å². The van der Waals surface area contributed by atoms with E-state index < -0.39 is 0 Å². The topological polar surface area (TPSA) is 48.0 Å². The maximum atomic E-state index is 10.6. The fourth-order valence-corrected chi connectivity index (χ4v) is 2.27. The van der Waals surface area contributed by atoms with Gasteiger partial charge in [0.25, 0.3) is 0 Å². The Kier molecular flexibility index (Phi) is 2.91. The van der Waals surface area contributed by atoms with Gasteiger partial charge in [-0.15, -0.1) is 0 Å². The fraction of sp³-hybridized carbons (Fsp3) is 0.200. The smallest absolute Gasteiger partial charge is 0.185 e. The second-order valence-electron chi connectivity index (χ2n) is 4.38. The van der Waals surface area contributed by atoms with Crippen molar-refractivity contribution in [1.29, 1.82) is 0 Å². The number of carbonyl (C=O) groups is 1. The summed E-state index contributed by atoms with van der Waals surface area (Å²) in [6.45, 7) is 2.67. The molecule has 0 aliphatic carbocycles. The highest BCUT2D eigenvalue weighted by molar-refractivity contribution is 5.76. The second-order valence-corrected chi connectivity index (χ2v) is 4.38. The van der Waals surface area contributed by atoms with E-state index in [9.17, 15) is 4.79 Å². The van der Waals surface area contributed by atoms with Crippen LogP contribution in [0.3, 0.4) is 0 Å². The van der Waals surface area contributed by atoms with Crippen molar-refractivity contribution >= 4 is 17.3 Å². The molecule has 0 aliphatic heterocycles. The van der Waals surface area contributed by atoms with E-state index >= 15 is 0 Å². The minimum absolute atomic E-state index is 0.359. The van der Waals surface area contributed by atoms with Crippen LogP contribution >= 0.6 is 0 Å². The van der Waals surface area contributed by atoms with Gasteiger partial charge in [-0.3, -0.25) is 4.79 Å². The molecule has 4 heteroatoms. The van der Waals surface area contributed by atoms with Gasteiger partial charge in [0, 0.05) is 6.42 Å². The summed E-state index contributed by atoms with van der Waals surface area (Å²) in [5, 5.41) is 0. The summed E-state index contributed by atoms with van der Waals surface area (Å²) in [4.78, 5) is 15.3. The summed E-state index contributed by atoms with van der Waals surface area (Å²) < 4.78 is 7.57. The Hall–Kier alpha value is -2.36. The van der Waals surface area contributed by atoms with Gasteiger partial charge in [-0.25, -0.2) is 4.98 Å². The van der Waals surface area contributed by atoms with Crippen LogP contribution in [0.25, 0.3) is 11.0 Å². The maximum Gasteiger partial charge on any atom is 0.185 e. The van der Waals surface area contributed by atoms with Crippen molar-refractivity contribution in [1.82, 2.24) is 9.55 Å². The van der Waals surface area contributed by atoms with E-state index in [4.69, 9.17) is 4.42 Å². The van der Waals surface area contributed by atoms with Gasteiger partial charge in [0.15, 0.2) is 12.0 Å². The zero-order chi connectivity index (χ0) is 13.2. The van der Waals surface area contributed by atoms with Crippen molar-refractivity contribution in [2.75, 3.05) is 0 Å². The number of aryl methyl sites for hydroxylation is 1. The van der Waals surface area contributed by atoms with Crippen LogP contribution in [0.4, 0.5) is 0 Å². The van der Waals surface area contributed by atoms with E-state index in [1.54, 1.807) is 6.07 Å². The third-order valence-corrected chi connectivity index (χ3v) is 3.16. The van der Waals surface area contributed by atoms with Gasteiger partial charge >= 0.3 is 0 Å². The third-order valence-electron chi connectivity index (χ3n) is 3.16. The van der Waals surface area contributed by atoms with Crippen LogP contribution in [-0.4, -0.2) is 15.8 Å². The highest BCUT2D eigenvalue weighted by Gasteiger charge is 2.11. The van der Waals surface area contributed by atoms with Crippen LogP contribution in [-0.2, 0) is 13.0 Å². The summed E-state index contributed by atoms with van der Waals surface area (Å²) in [7, 11) is 0. The van der Waals surface area contributed by atoms with Gasteiger partial charge in [0.05, 0.1) is 17.6 Å². The second kappa shape index (κ2) is 4.72. The molecule has 0 unspecified atom stereocenters. The number of hydrogen-bond donors (Lipinski definition) is 0. The Balaban J connectivity index is 2.05. The molecular formula is C15H14N2O2. The number of furan rings is 1. The van der Waals surface area contributed by atoms with E-state index in [2.05, 4.69) is 16.5 Å². The summed E-state index contributed by atoms with van der Waals surface area (Å²) in [5.41, 5.74) is 2.07. The van der Waals surface area contributed by atoms with Crippen molar-refractivity contribution in [3.8, 4) is 0 Å². The lowest BCUT2D eigenvalue weighted by atomic mass is 10.3. The van der Waals surface area contributed by atoms with Gasteiger partial charge in [0.1, 0.15) is 11.6 Å². The van der Waals surface area contributed by atoms with Gasteiger partial charge < -0.3 is 8.98 Å². The number of hydrogen-bond acceptors (Lipinski definition) is 3. The Bertz CT molecular complexity index is 725. The van der Waals surface area contributed by atoms with Crippen molar-refractivity contribution in [3.05, 3.63) is 53.7 Å². The first-order valence-corrected chi connectivity index (χ1v) is 6.30. The molecule has 0 amide bonds. The van der Waals surface area contributed by atoms with Crippen molar-refractivity contribution < 1.29 is 9.21 Å². The Morgan fingerprint density at radius 2 is 2.11 bits per heavy atom. The number of rotatable bonds is 4. The number of aldehydes is 1. The molecule has 3 rings (SSSR count). The van der Waals surface area contributed by atoms with Crippen LogP contribution in [0.15, 0.2) is 40.8 Å². The first-order valence-electron chi connectivity index (χ1n) is 6.30. The molecule has 3 aromatic rings. The third kappa shape index (κ3) is 2.05. The molecule has 0 atom stereocenters. The molecule has 0 N–H and O–H groups in total. The van der Waals surface area contributed by atoms with Crippen molar-refractivity contribution in [3.63, 3.8) is 0 Å². The van der Waals surface area contributed by atoms with Gasteiger partial charge in [0.2, 0.25) is 0 Å². The quantitative estimate of drug-likeness (QED) is 0.672. The van der Waals surface area contributed by atoms with Crippen LogP contribution in [0.1, 0.15) is 29.1 Å². The molecule has 4 nitrogen and oxygen atoms in total. The van der Waals surface area contributed by atoms with Crippen molar-refractivity contribution in [2.24, 2.45) is 0 Å². The number of imidazole rings is 1. The van der Waals surface area contributed by atoms with Crippen LogP contribution < -0.4 is 0 Å². The van der Waals surface area contributed by atoms with Gasteiger partial charge in [-0.2, -0.15) is 0 Å². The lowest BCUT2D eigenvalue weighted by Crippen LogP contribution is -2.03. The predicted octanol–water partition coefficient (Wildman–Crippen LogP) is 3.05. The molecule has 0 aliphatic rings. The molecule has 0 bridgehead atoms. The normalized spacial score (nSPS) is 11.0. The summed E-state index contributed by atoms with van der Waals surface area (Å²) in [6.07, 6.45) is 1.58. The molecule has 2 aromatic heterocycles. The number of para-hydroxylation sites is 2. The monoisotopic (exact) mass is 254 g/mol. The lowest BCUT2D eigenvalue weighted by molar-refractivity contribution is 0.109. The van der Waals surface area contributed by atoms with Gasteiger partial charge in [-0.1, -0.05) is 19.1 Å². The largest absolute Gasteiger partial charge is 0.456 e. The average molecular weight is 254 g/mol. The highest BCUT2D eigenvalue weighted by Crippen LogP contribution is 2.19. The number of aromatic nitrogens is 2. The summed E-state index contributed by atoms with van der Waals surface area (Å²) in [5.74, 6) is 2.14. The van der Waals surface area contributed by atoms with Crippen LogP contribution in [0.5, 0.6) is 0 Å². The highest BCUT2D eigenvalue weighted by atomic mass is 16.3. The number of carbonyl (C=O) groups excluding carboxylic acids is 1. The molecule has 0 fully saturated rings. The zero-order valence-corrected chi connectivity index (χ0v) is 10.7. The Morgan fingerprint density at radius 3 is 2.84 bits per heavy atom. The first-order chi connectivity index (χ1) is 9.31. The van der Waals surface area contributed by atoms with E-state index in [1.807, 2.05) is 30.3 Å². The van der Waals surface area contributed by atoms with Crippen LogP contribution in [0.2, 0.25) is 0 Å². The summed E-state index contributed by atoms with van der Waals surface area (Å²) in [6, 6.07) is 11.6. The molecule has 0 spiro atoms. The molecular weight excluding hydrogens is 240 g/mol. The molecule has 0 saturated heterocycles. The molecule has 19 heavy (non-hydrogen) atoms. The van der Waals surface area contributed by atoms with Gasteiger partial charge in [-0.05, 0) is 24.3 Å². The number of nitrogens with zero attached hydrogens (tertiary/aromatic N) is 2. The fourth-order valence-electron chi connectivity index (χ4n) is 2.27. The molecule has 0 saturated carbocycles.